The zero-order chi connectivity index (χ0) is 17.2. The minimum atomic E-state index is 0.00471. The summed E-state index contributed by atoms with van der Waals surface area (Å²) in [5, 5.41) is 0. The lowest BCUT2D eigenvalue weighted by atomic mass is 10.1. The fourth-order valence-electron chi connectivity index (χ4n) is 2.30. The van der Waals surface area contributed by atoms with Gasteiger partial charge in [-0.05, 0) is 19.3 Å². The molecule has 0 bridgehead atoms. The Hall–Kier alpha value is -0.160. The Labute approximate surface area is 144 Å². The zero-order valence-electron chi connectivity index (χ0n) is 16.0. The molecule has 0 spiro atoms. The van der Waals surface area contributed by atoms with Gasteiger partial charge in [0.05, 0.1) is 13.2 Å². The van der Waals surface area contributed by atoms with Gasteiger partial charge in [0.1, 0.15) is 6.10 Å². The molecule has 1 heterocycles. The fourth-order valence-corrected chi connectivity index (χ4v) is 2.30. The zero-order valence-corrected chi connectivity index (χ0v) is 16.0. The molecule has 1 unspecified atom stereocenters. The van der Waals surface area contributed by atoms with E-state index in [1.807, 2.05) is 0 Å². The number of hydrogen-bond acceptors (Lipinski definition) is 4. The summed E-state index contributed by atoms with van der Waals surface area (Å²) >= 11 is 0. The predicted molar refractivity (Wildman–Crippen MR) is 95.9 cm³/mol. The normalized spacial score (nSPS) is 16.3. The minimum Gasteiger partial charge on any atom is -0.379 e. The second kappa shape index (κ2) is 18.2. The van der Waals surface area contributed by atoms with Crippen LogP contribution in [0.3, 0.4) is 0 Å². The Bertz CT molecular complexity index is 215. The summed E-state index contributed by atoms with van der Waals surface area (Å²) < 4.78 is 20.4. The Morgan fingerprint density at radius 3 is 1.91 bits per heavy atom. The van der Waals surface area contributed by atoms with Gasteiger partial charge < -0.3 is 18.9 Å². The van der Waals surface area contributed by atoms with Crippen LogP contribution in [0.4, 0.5) is 0 Å². The first-order valence-electron chi connectivity index (χ1n) is 9.53. The summed E-state index contributed by atoms with van der Waals surface area (Å²) in [5.74, 6) is 0. The summed E-state index contributed by atoms with van der Waals surface area (Å²) in [6.45, 7) is 6.95. The summed E-state index contributed by atoms with van der Waals surface area (Å²) in [6.07, 6.45) is 13.4. The van der Waals surface area contributed by atoms with Crippen LogP contribution in [0, 0.1) is 0 Å². The van der Waals surface area contributed by atoms with E-state index in [9.17, 15) is 0 Å². The van der Waals surface area contributed by atoms with E-state index in [2.05, 4.69) is 13.8 Å². The van der Waals surface area contributed by atoms with Gasteiger partial charge in [-0.15, -0.1) is 0 Å². The van der Waals surface area contributed by atoms with Crippen molar-refractivity contribution in [2.45, 2.75) is 90.4 Å². The molecule has 0 aromatic heterocycles. The highest BCUT2D eigenvalue weighted by Gasteiger charge is 2.21. The molecule has 1 fully saturated rings. The lowest BCUT2D eigenvalue weighted by molar-refractivity contribution is -0.107. The Morgan fingerprint density at radius 1 is 0.870 bits per heavy atom. The van der Waals surface area contributed by atoms with Gasteiger partial charge in [-0.2, -0.15) is 0 Å². The molecule has 0 aliphatic carbocycles. The van der Waals surface area contributed by atoms with Crippen molar-refractivity contribution >= 4 is 0 Å². The first-order valence-corrected chi connectivity index (χ1v) is 9.53. The topological polar surface area (TPSA) is 40.2 Å². The highest BCUT2D eigenvalue weighted by molar-refractivity contribution is 4.66. The molecule has 4 nitrogen and oxygen atoms in total. The van der Waals surface area contributed by atoms with Crippen LogP contribution in [0.5, 0.6) is 0 Å². The monoisotopic (exact) mass is 332 g/mol. The van der Waals surface area contributed by atoms with E-state index < -0.39 is 0 Å². The van der Waals surface area contributed by atoms with Gasteiger partial charge in [0.2, 0.25) is 0 Å². The van der Waals surface area contributed by atoms with Crippen LogP contribution in [0.25, 0.3) is 0 Å². The van der Waals surface area contributed by atoms with E-state index in [0.717, 1.165) is 32.7 Å². The highest BCUT2D eigenvalue weighted by atomic mass is 16.7. The molecule has 0 N–H and O–H groups in total. The first kappa shape index (κ1) is 22.8. The van der Waals surface area contributed by atoms with Gasteiger partial charge in [-0.25, -0.2) is 0 Å². The maximum Gasteiger partial charge on any atom is 0.156 e. The highest BCUT2D eigenvalue weighted by Crippen LogP contribution is 2.11. The van der Waals surface area contributed by atoms with Crippen molar-refractivity contribution in [1.82, 2.24) is 0 Å². The molecule has 140 valence electrons. The molecule has 1 rings (SSSR count). The Kier molecular flexibility index (Phi) is 18.1. The van der Waals surface area contributed by atoms with Gasteiger partial charge in [0.15, 0.2) is 6.29 Å². The maximum atomic E-state index is 5.18. The molecule has 1 aliphatic rings. The molecule has 0 aromatic rings. The van der Waals surface area contributed by atoms with Crippen molar-refractivity contribution in [2.24, 2.45) is 0 Å². The van der Waals surface area contributed by atoms with Crippen LogP contribution < -0.4 is 0 Å². The van der Waals surface area contributed by atoms with E-state index in [0.29, 0.717) is 6.10 Å². The molecule has 0 radical (unpaired) electrons. The fraction of sp³-hybridized carbons (Fsp3) is 1.00. The molecule has 1 atom stereocenters. The quantitative estimate of drug-likeness (QED) is 0.242. The van der Waals surface area contributed by atoms with Gasteiger partial charge in [-0.3, -0.25) is 0 Å². The van der Waals surface area contributed by atoms with E-state index in [1.165, 1.54) is 51.4 Å². The second-order valence-electron chi connectivity index (χ2n) is 6.19. The van der Waals surface area contributed by atoms with Crippen LogP contribution in [0.1, 0.15) is 78.1 Å². The lowest BCUT2D eigenvalue weighted by Crippen LogP contribution is -2.12. The largest absolute Gasteiger partial charge is 0.379 e. The lowest BCUT2D eigenvalue weighted by Gasteiger charge is -2.12. The third-order valence-electron chi connectivity index (χ3n) is 3.87. The average molecular weight is 333 g/mol. The summed E-state index contributed by atoms with van der Waals surface area (Å²) in [7, 11) is 3.41. The summed E-state index contributed by atoms with van der Waals surface area (Å²) in [4.78, 5) is 0. The van der Waals surface area contributed by atoms with E-state index >= 15 is 0 Å². The third-order valence-corrected chi connectivity index (χ3v) is 3.87. The molecule has 1 aliphatic heterocycles. The van der Waals surface area contributed by atoms with E-state index in [1.54, 1.807) is 14.2 Å². The smallest absolute Gasteiger partial charge is 0.156 e. The molecular weight excluding hydrogens is 292 g/mol. The van der Waals surface area contributed by atoms with Crippen molar-refractivity contribution in [3.05, 3.63) is 0 Å². The van der Waals surface area contributed by atoms with Crippen LogP contribution >= 0.6 is 0 Å². The van der Waals surface area contributed by atoms with Crippen molar-refractivity contribution in [2.75, 3.05) is 34.0 Å². The molecule has 0 aromatic carbocycles. The van der Waals surface area contributed by atoms with Crippen LogP contribution in [-0.4, -0.2) is 46.4 Å². The van der Waals surface area contributed by atoms with Crippen molar-refractivity contribution in [3.63, 3.8) is 0 Å². The van der Waals surface area contributed by atoms with E-state index in [4.69, 9.17) is 18.9 Å². The van der Waals surface area contributed by atoms with Crippen molar-refractivity contribution < 1.29 is 18.9 Å². The van der Waals surface area contributed by atoms with Crippen LogP contribution in [0.15, 0.2) is 0 Å². The molecule has 4 heteroatoms. The van der Waals surface area contributed by atoms with Crippen LogP contribution in [-0.2, 0) is 18.9 Å². The van der Waals surface area contributed by atoms with Gasteiger partial charge in [-0.1, -0.05) is 58.8 Å². The molecule has 23 heavy (non-hydrogen) atoms. The summed E-state index contributed by atoms with van der Waals surface area (Å²) in [6, 6.07) is 0. The number of ether oxygens (including phenoxy) is 4. The maximum absolute atomic E-state index is 5.18. The Balaban J connectivity index is 0.000000502. The molecule has 0 saturated carbocycles. The number of unbranched alkanes of at least 4 members (excludes halogenated alkanes) is 7. The third kappa shape index (κ3) is 18.0. The number of methoxy groups -OCH3 is 2. The first-order chi connectivity index (χ1) is 11.3. The van der Waals surface area contributed by atoms with Gasteiger partial charge in [0, 0.05) is 20.8 Å². The number of rotatable bonds is 15. The van der Waals surface area contributed by atoms with E-state index in [-0.39, 0.29) is 6.29 Å². The molecule has 1 saturated heterocycles. The van der Waals surface area contributed by atoms with Crippen molar-refractivity contribution in [1.29, 1.82) is 0 Å². The number of hydrogen-bond donors (Lipinski definition) is 0. The minimum absolute atomic E-state index is 0.00471. The van der Waals surface area contributed by atoms with Crippen molar-refractivity contribution in [3.8, 4) is 0 Å². The molecule has 0 amide bonds. The second-order valence-corrected chi connectivity index (χ2v) is 6.19. The Morgan fingerprint density at radius 2 is 1.43 bits per heavy atom. The predicted octanol–water partition coefficient (Wildman–Crippen LogP) is 4.95. The SMILES string of the molecule is CCCCCCCCCCC(OC)OC.CCCOCC1CO1. The standard InChI is InChI=1S/C13H28O2.C6H12O2/c1-4-5-6-7-8-9-10-11-12-13(14-2)15-3;1-2-3-7-4-6-5-8-6/h13H,4-12H2,1-3H3;6H,2-5H2,1H3. The van der Waals surface area contributed by atoms with Gasteiger partial charge >= 0.3 is 0 Å². The average Bonchev–Trinajstić information content (AvgIpc) is 3.39. The molecular formula is C19H40O4. The van der Waals surface area contributed by atoms with Gasteiger partial charge in [0.25, 0.3) is 0 Å². The number of epoxide rings is 1. The summed E-state index contributed by atoms with van der Waals surface area (Å²) in [5.41, 5.74) is 0. The van der Waals surface area contributed by atoms with Crippen LogP contribution in [0.2, 0.25) is 0 Å².